The van der Waals surface area contributed by atoms with Crippen molar-refractivity contribution in [3.05, 3.63) is 48.6 Å². The van der Waals surface area contributed by atoms with Gasteiger partial charge in [-0.2, -0.15) is 0 Å². The van der Waals surface area contributed by atoms with E-state index in [1.54, 1.807) is 0 Å². The van der Waals surface area contributed by atoms with E-state index in [9.17, 15) is 14.4 Å². The number of hydrogen-bond donors (Lipinski definition) is 0. The molecular formula is C45H77NO6. The van der Waals surface area contributed by atoms with Crippen LogP contribution < -0.4 is 0 Å². The number of nitrogens with zero attached hydrogens (tertiary/aromatic N) is 1. The lowest BCUT2D eigenvalue weighted by atomic mass is 9.92. The zero-order valence-electron chi connectivity index (χ0n) is 33.8. The van der Waals surface area contributed by atoms with Crippen LogP contribution in [0.25, 0.3) is 0 Å². The topological polar surface area (TPSA) is 82.1 Å². The Kier molecular flexibility index (Phi) is 31.1. The van der Waals surface area contributed by atoms with Crippen LogP contribution in [0, 0.1) is 11.8 Å². The van der Waals surface area contributed by atoms with Crippen molar-refractivity contribution in [2.24, 2.45) is 11.8 Å². The van der Waals surface area contributed by atoms with Gasteiger partial charge in [0.1, 0.15) is 12.5 Å². The van der Waals surface area contributed by atoms with Gasteiger partial charge in [0.2, 0.25) is 0 Å². The number of hydrogen-bond acceptors (Lipinski definition) is 7. The molecule has 0 bridgehead atoms. The monoisotopic (exact) mass is 728 g/mol. The molecule has 2 atom stereocenters. The summed E-state index contributed by atoms with van der Waals surface area (Å²) in [4.78, 5) is 38.9. The van der Waals surface area contributed by atoms with Crippen molar-refractivity contribution in [1.29, 1.82) is 0 Å². The molecule has 1 rings (SSSR count). The Bertz CT molecular complexity index is 955. The second-order valence-corrected chi connectivity index (χ2v) is 15.2. The standard InChI is InChI=1S/C45H77NO6/c1-40(41(2)39-46(3)4)37-45(49)52-42-33-29-25-21-17-13-9-5-7-11-15-19-23-27-31-35-50-43(47)38-44(48)51-36-32-28-24-20-16-12-8-6-10-14-18-22-26-30-34-42/h7-8,11-12,19-20,23-24,40-42H,5-6,9-10,13-18,21-22,25-39H2,1-4H3/b11-7-,12-8-,23-19-,24-20-. The molecule has 0 aromatic rings. The quantitative estimate of drug-likeness (QED) is 0.117. The highest BCUT2D eigenvalue weighted by Crippen LogP contribution is 2.21. The summed E-state index contributed by atoms with van der Waals surface area (Å²) in [6, 6.07) is 0. The number of carbonyl (C=O) groups is 3. The maximum absolute atomic E-state index is 12.9. The fourth-order valence-electron chi connectivity index (χ4n) is 6.41. The van der Waals surface area contributed by atoms with Crippen LogP contribution in [0.1, 0.15) is 168 Å². The van der Waals surface area contributed by atoms with Crippen LogP contribution in [-0.2, 0) is 28.6 Å². The van der Waals surface area contributed by atoms with E-state index in [0.29, 0.717) is 31.5 Å². The average molecular weight is 728 g/mol. The zero-order chi connectivity index (χ0) is 37.9. The molecule has 0 fully saturated rings. The van der Waals surface area contributed by atoms with Gasteiger partial charge in [0.15, 0.2) is 0 Å². The van der Waals surface area contributed by atoms with E-state index in [1.807, 2.05) is 0 Å². The molecule has 1 heterocycles. The summed E-state index contributed by atoms with van der Waals surface area (Å²) >= 11 is 0. The molecule has 0 spiro atoms. The molecule has 7 heteroatoms. The van der Waals surface area contributed by atoms with Crippen LogP contribution in [0.4, 0.5) is 0 Å². The molecular weight excluding hydrogens is 650 g/mol. The third-order valence-electron chi connectivity index (χ3n) is 9.76. The zero-order valence-corrected chi connectivity index (χ0v) is 33.8. The van der Waals surface area contributed by atoms with E-state index in [4.69, 9.17) is 14.2 Å². The van der Waals surface area contributed by atoms with Gasteiger partial charge in [0.25, 0.3) is 0 Å². The van der Waals surface area contributed by atoms with Crippen molar-refractivity contribution in [3.8, 4) is 0 Å². The highest BCUT2D eigenvalue weighted by molar-refractivity contribution is 5.91. The fraction of sp³-hybridized carbons (Fsp3) is 0.756. The maximum Gasteiger partial charge on any atom is 0.317 e. The van der Waals surface area contributed by atoms with Crippen LogP contribution in [0.3, 0.4) is 0 Å². The molecule has 0 radical (unpaired) electrons. The van der Waals surface area contributed by atoms with Crippen molar-refractivity contribution in [2.75, 3.05) is 33.9 Å². The van der Waals surface area contributed by atoms with Crippen molar-refractivity contribution >= 4 is 17.9 Å². The molecule has 1 aliphatic rings. The van der Waals surface area contributed by atoms with Crippen LogP contribution in [-0.4, -0.2) is 62.8 Å². The molecule has 7 nitrogen and oxygen atoms in total. The van der Waals surface area contributed by atoms with Gasteiger partial charge in [0.05, 0.1) is 13.2 Å². The molecule has 0 aliphatic carbocycles. The summed E-state index contributed by atoms with van der Waals surface area (Å²) < 4.78 is 16.5. The Morgan fingerprint density at radius 3 is 1.46 bits per heavy atom. The first-order valence-electron chi connectivity index (χ1n) is 21.0. The Labute approximate surface area is 319 Å². The lowest BCUT2D eigenvalue weighted by Crippen LogP contribution is -2.27. The van der Waals surface area contributed by atoms with Crippen LogP contribution in [0.5, 0.6) is 0 Å². The number of esters is 3. The highest BCUT2D eigenvalue weighted by atomic mass is 16.6. The van der Waals surface area contributed by atoms with E-state index in [1.165, 1.54) is 64.2 Å². The largest absolute Gasteiger partial charge is 0.465 e. The number of allylic oxidation sites excluding steroid dienone is 8. The number of carbonyl (C=O) groups excluding carboxylic acids is 3. The first-order chi connectivity index (χ1) is 25.3. The predicted octanol–water partition coefficient (Wildman–Crippen LogP) is 11.4. The smallest absolute Gasteiger partial charge is 0.317 e. The Morgan fingerprint density at radius 2 is 1.02 bits per heavy atom. The van der Waals surface area contributed by atoms with Gasteiger partial charge in [-0.25, -0.2) is 0 Å². The molecule has 0 saturated carbocycles. The second-order valence-electron chi connectivity index (χ2n) is 15.2. The Hall–Kier alpha value is -2.67. The minimum atomic E-state index is -0.518. The lowest BCUT2D eigenvalue weighted by molar-refractivity contribution is -0.155. The molecule has 0 N–H and O–H groups in total. The van der Waals surface area contributed by atoms with E-state index in [-0.39, 0.29) is 18.5 Å². The second kappa shape index (κ2) is 34.1. The SMILES string of the molecule is CC(CC(=O)OC1CCCCCCCC/C=C\C/C=C\CCCOC(=O)CC(=O)OCCC/C=C\C/C=C\CCCCCCCC1)C(C)CN(C)C. The van der Waals surface area contributed by atoms with Crippen molar-refractivity contribution in [2.45, 2.75) is 174 Å². The molecule has 0 amide bonds. The van der Waals surface area contributed by atoms with Gasteiger partial charge in [0, 0.05) is 13.0 Å². The average Bonchev–Trinajstić information content (AvgIpc) is 3.09. The minimum Gasteiger partial charge on any atom is -0.465 e. The van der Waals surface area contributed by atoms with Crippen molar-refractivity contribution < 1.29 is 28.6 Å². The molecule has 0 saturated heterocycles. The first-order valence-corrected chi connectivity index (χ1v) is 21.0. The number of cyclic esters (lactones) is 2. The molecule has 0 aromatic carbocycles. The van der Waals surface area contributed by atoms with Crippen molar-refractivity contribution in [1.82, 2.24) is 4.90 Å². The van der Waals surface area contributed by atoms with Gasteiger partial charge in [-0.05, 0) is 116 Å². The predicted molar refractivity (Wildman–Crippen MR) is 216 cm³/mol. The third kappa shape index (κ3) is 30.9. The lowest BCUT2D eigenvalue weighted by Gasteiger charge is -2.24. The summed E-state index contributed by atoms with van der Waals surface area (Å²) in [6.45, 7) is 6.04. The van der Waals surface area contributed by atoms with Gasteiger partial charge < -0.3 is 19.1 Å². The normalized spacial score (nSPS) is 23.4. The first kappa shape index (κ1) is 47.4. The van der Waals surface area contributed by atoms with Gasteiger partial charge in [-0.3, -0.25) is 14.4 Å². The van der Waals surface area contributed by atoms with Crippen LogP contribution in [0.15, 0.2) is 48.6 Å². The Balaban J connectivity index is 2.52. The molecule has 298 valence electrons. The van der Waals surface area contributed by atoms with E-state index in [0.717, 1.165) is 83.6 Å². The molecule has 0 aromatic heterocycles. The van der Waals surface area contributed by atoms with Crippen LogP contribution in [0.2, 0.25) is 0 Å². The molecule has 1 aliphatic heterocycles. The van der Waals surface area contributed by atoms with E-state index in [2.05, 4.69) is 81.5 Å². The van der Waals surface area contributed by atoms with Gasteiger partial charge in [-0.15, -0.1) is 0 Å². The summed E-state index contributed by atoms with van der Waals surface area (Å²) in [5, 5.41) is 0. The van der Waals surface area contributed by atoms with Crippen LogP contribution >= 0.6 is 0 Å². The maximum atomic E-state index is 12.9. The summed E-state index contributed by atoms with van der Waals surface area (Å²) in [5.41, 5.74) is 0. The number of ether oxygens (including phenoxy) is 3. The van der Waals surface area contributed by atoms with E-state index < -0.39 is 11.9 Å². The Morgan fingerprint density at radius 1 is 0.615 bits per heavy atom. The third-order valence-corrected chi connectivity index (χ3v) is 9.76. The summed E-state index contributed by atoms with van der Waals surface area (Å²) in [6.07, 6.45) is 41.6. The van der Waals surface area contributed by atoms with Gasteiger partial charge >= 0.3 is 17.9 Å². The highest BCUT2D eigenvalue weighted by Gasteiger charge is 2.20. The van der Waals surface area contributed by atoms with E-state index >= 15 is 0 Å². The molecule has 52 heavy (non-hydrogen) atoms. The van der Waals surface area contributed by atoms with Crippen molar-refractivity contribution in [3.63, 3.8) is 0 Å². The summed E-state index contributed by atoms with van der Waals surface area (Å²) in [7, 11) is 4.18. The number of rotatable bonds is 6. The summed E-state index contributed by atoms with van der Waals surface area (Å²) in [5.74, 6) is -0.267. The molecule has 2 unspecified atom stereocenters. The van der Waals surface area contributed by atoms with Gasteiger partial charge in [-0.1, -0.05) is 114 Å². The minimum absolute atomic E-state index is 0.0133. The fourth-order valence-corrected chi connectivity index (χ4v) is 6.41.